The van der Waals surface area contributed by atoms with Gasteiger partial charge in [-0.1, -0.05) is 30.3 Å². The zero-order valence-electron chi connectivity index (χ0n) is 12.7. The number of fused-ring (bicyclic) bond motifs is 1. The minimum Gasteiger partial charge on any atom is -0.497 e. The van der Waals surface area contributed by atoms with Gasteiger partial charge >= 0.3 is 0 Å². The largest absolute Gasteiger partial charge is 0.497 e. The van der Waals surface area contributed by atoms with Crippen LogP contribution >= 0.6 is 0 Å². The van der Waals surface area contributed by atoms with Crippen LogP contribution in [0.15, 0.2) is 55.1 Å². The van der Waals surface area contributed by atoms with E-state index in [1.807, 2.05) is 12.1 Å². The highest BCUT2D eigenvalue weighted by Gasteiger charge is 2.26. The number of methoxy groups -OCH3 is 1. The van der Waals surface area contributed by atoms with E-state index in [1.165, 1.54) is 22.4 Å². The molecule has 1 aliphatic rings. The fourth-order valence-electron chi connectivity index (χ4n) is 3.16. The Morgan fingerprint density at radius 1 is 1.24 bits per heavy atom. The molecule has 2 heteroatoms. The summed E-state index contributed by atoms with van der Waals surface area (Å²) in [5.41, 5.74) is 5.29. The van der Waals surface area contributed by atoms with Crippen molar-refractivity contribution in [2.45, 2.75) is 19.4 Å². The van der Waals surface area contributed by atoms with Crippen molar-refractivity contribution in [3.05, 3.63) is 71.8 Å². The summed E-state index contributed by atoms with van der Waals surface area (Å²) in [6.45, 7) is 7.24. The van der Waals surface area contributed by atoms with Gasteiger partial charge in [0.1, 0.15) is 5.75 Å². The average Bonchev–Trinajstić information content (AvgIpc) is 2.53. The van der Waals surface area contributed by atoms with E-state index in [9.17, 15) is 0 Å². The van der Waals surface area contributed by atoms with Crippen LogP contribution in [0.5, 0.6) is 5.75 Å². The highest BCUT2D eigenvalue weighted by atomic mass is 16.5. The van der Waals surface area contributed by atoms with E-state index >= 15 is 0 Å². The molecule has 3 rings (SSSR count). The summed E-state index contributed by atoms with van der Waals surface area (Å²) in [6, 6.07) is 15.1. The molecule has 21 heavy (non-hydrogen) atoms. The lowest BCUT2D eigenvalue weighted by Gasteiger charge is -2.38. The second-order valence-electron chi connectivity index (χ2n) is 5.48. The molecular weight excluding hydrogens is 258 g/mol. The van der Waals surface area contributed by atoms with E-state index in [1.54, 1.807) is 7.11 Å². The molecule has 0 amide bonds. The Bertz CT molecular complexity index is 662. The van der Waals surface area contributed by atoms with Crippen LogP contribution in [0, 0.1) is 6.92 Å². The lowest BCUT2D eigenvalue weighted by atomic mass is 9.91. The van der Waals surface area contributed by atoms with Gasteiger partial charge in [-0.3, -0.25) is 0 Å². The quantitative estimate of drug-likeness (QED) is 0.777. The summed E-state index contributed by atoms with van der Waals surface area (Å²) in [5.74, 6) is 0.909. The van der Waals surface area contributed by atoms with E-state index in [0.717, 1.165) is 18.7 Å². The number of ether oxygens (including phenoxy) is 1. The zero-order chi connectivity index (χ0) is 14.8. The van der Waals surface area contributed by atoms with Crippen LogP contribution < -0.4 is 9.64 Å². The second-order valence-corrected chi connectivity index (χ2v) is 5.48. The summed E-state index contributed by atoms with van der Waals surface area (Å²) >= 11 is 0. The van der Waals surface area contributed by atoms with E-state index in [-0.39, 0.29) is 6.04 Å². The standard InChI is InChI=1S/C19H21NO/c1-4-18-17-13-16(21-3)10-9-15(17)11-12-20(18)19-8-6-5-7-14(19)2/h4-10,13,18H,1,11-12H2,2-3H3. The highest BCUT2D eigenvalue weighted by molar-refractivity contribution is 5.58. The Morgan fingerprint density at radius 2 is 2.05 bits per heavy atom. The van der Waals surface area contributed by atoms with E-state index in [2.05, 4.69) is 54.8 Å². The smallest absolute Gasteiger partial charge is 0.119 e. The first-order chi connectivity index (χ1) is 10.2. The van der Waals surface area contributed by atoms with Gasteiger partial charge in [0.25, 0.3) is 0 Å². The lowest BCUT2D eigenvalue weighted by Crippen LogP contribution is -2.34. The Hall–Kier alpha value is -2.22. The molecule has 1 atom stereocenters. The molecule has 2 aromatic rings. The van der Waals surface area contributed by atoms with Crippen molar-refractivity contribution in [1.82, 2.24) is 0 Å². The number of hydrogen-bond donors (Lipinski definition) is 0. The summed E-state index contributed by atoms with van der Waals surface area (Å²) in [7, 11) is 1.71. The van der Waals surface area contributed by atoms with E-state index in [0.29, 0.717) is 0 Å². The van der Waals surface area contributed by atoms with Gasteiger partial charge < -0.3 is 9.64 Å². The third kappa shape index (κ3) is 2.42. The second kappa shape index (κ2) is 5.65. The number of benzene rings is 2. The maximum Gasteiger partial charge on any atom is 0.119 e. The van der Waals surface area contributed by atoms with Gasteiger partial charge in [0, 0.05) is 12.2 Å². The van der Waals surface area contributed by atoms with Crippen molar-refractivity contribution in [2.24, 2.45) is 0 Å². The van der Waals surface area contributed by atoms with Crippen molar-refractivity contribution < 1.29 is 4.74 Å². The average molecular weight is 279 g/mol. The summed E-state index contributed by atoms with van der Waals surface area (Å²) < 4.78 is 5.38. The predicted molar refractivity (Wildman–Crippen MR) is 88.2 cm³/mol. The van der Waals surface area contributed by atoms with Crippen LogP contribution in [-0.4, -0.2) is 13.7 Å². The van der Waals surface area contributed by atoms with Gasteiger partial charge in [0.05, 0.1) is 13.2 Å². The molecule has 0 bridgehead atoms. The van der Waals surface area contributed by atoms with Gasteiger partial charge in [-0.25, -0.2) is 0 Å². The van der Waals surface area contributed by atoms with E-state index in [4.69, 9.17) is 4.74 Å². The third-order valence-electron chi connectivity index (χ3n) is 4.28. The minimum atomic E-state index is 0.199. The Morgan fingerprint density at radius 3 is 2.76 bits per heavy atom. The summed E-state index contributed by atoms with van der Waals surface area (Å²) in [5, 5.41) is 0. The van der Waals surface area contributed by atoms with Crippen LogP contribution in [-0.2, 0) is 6.42 Å². The fourth-order valence-corrected chi connectivity index (χ4v) is 3.16. The van der Waals surface area contributed by atoms with Crippen molar-refractivity contribution in [2.75, 3.05) is 18.6 Å². The molecule has 0 N–H and O–H groups in total. The maximum absolute atomic E-state index is 5.38. The SMILES string of the molecule is C=CC1c2cc(OC)ccc2CCN1c1ccccc1C. The number of rotatable bonds is 3. The Balaban J connectivity index is 2.06. The van der Waals surface area contributed by atoms with E-state index < -0.39 is 0 Å². The number of aryl methyl sites for hydroxylation is 1. The molecule has 0 aliphatic carbocycles. The van der Waals surface area contributed by atoms with Crippen molar-refractivity contribution >= 4 is 5.69 Å². The van der Waals surface area contributed by atoms with Crippen molar-refractivity contribution in [1.29, 1.82) is 0 Å². The summed E-state index contributed by atoms with van der Waals surface area (Å²) in [4.78, 5) is 2.43. The van der Waals surface area contributed by atoms with Crippen molar-refractivity contribution in [3.63, 3.8) is 0 Å². The first-order valence-electron chi connectivity index (χ1n) is 7.36. The van der Waals surface area contributed by atoms with Crippen LogP contribution in [0.2, 0.25) is 0 Å². The third-order valence-corrected chi connectivity index (χ3v) is 4.28. The van der Waals surface area contributed by atoms with Crippen LogP contribution in [0.25, 0.3) is 0 Å². The molecule has 0 fully saturated rings. The molecule has 0 radical (unpaired) electrons. The van der Waals surface area contributed by atoms with Gasteiger partial charge in [-0.15, -0.1) is 6.58 Å². The normalized spacial score (nSPS) is 17.2. The molecule has 1 heterocycles. The predicted octanol–water partition coefficient (Wildman–Crippen LogP) is 4.29. The van der Waals surface area contributed by atoms with Crippen LogP contribution in [0.3, 0.4) is 0 Å². The molecule has 108 valence electrons. The molecule has 2 nitrogen and oxygen atoms in total. The number of hydrogen-bond acceptors (Lipinski definition) is 2. The maximum atomic E-state index is 5.38. The fraction of sp³-hybridized carbons (Fsp3) is 0.263. The van der Waals surface area contributed by atoms with Gasteiger partial charge in [-0.2, -0.15) is 0 Å². The number of nitrogens with zero attached hydrogens (tertiary/aromatic N) is 1. The Labute approximate surface area is 126 Å². The number of anilines is 1. The first-order valence-corrected chi connectivity index (χ1v) is 7.36. The molecule has 0 aromatic heterocycles. The molecule has 1 aliphatic heterocycles. The molecule has 0 spiro atoms. The molecule has 2 aromatic carbocycles. The topological polar surface area (TPSA) is 12.5 Å². The first kappa shape index (κ1) is 13.7. The van der Waals surface area contributed by atoms with Gasteiger partial charge in [0.2, 0.25) is 0 Å². The summed E-state index contributed by atoms with van der Waals surface area (Å²) in [6.07, 6.45) is 3.09. The highest BCUT2D eigenvalue weighted by Crippen LogP contribution is 2.37. The minimum absolute atomic E-state index is 0.199. The molecular formula is C19H21NO. The van der Waals surface area contributed by atoms with Gasteiger partial charge in [-0.05, 0) is 48.2 Å². The molecule has 1 unspecified atom stereocenters. The Kier molecular flexibility index (Phi) is 3.70. The number of para-hydroxylation sites is 1. The van der Waals surface area contributed by atoms with Crippen LogP contribution in [0.4, 0.5) is 5.69 Å². The monoisotopic (exact) mass is 279 g/mol. The van der Waals surface area contributed by atoms with Gasteiger partial charge in [0.15, 0.2) is 0 Å². The molecule has 0 saturated heterocycles. The van der Waals surface area contributed by atoms with Crippen molar-refractivity contribution in [3.8, 4) is 5.75 Å². The lowest BCUT2D eigenvalue weighted by molar-refractivity contribution is 0.413. The van der Waals surface area contributed by atoms with Crippen LogP contribution in [0.1, 0.15) is 22.7 Å². The zero-order valence-corrected chi connectivity index (χ0v) is 12.7. The molecule has 0 saturated carbocycles.